The first kappa shape index (κ1) is 12.1. The molecule has 0 saturated carbocycles. The lowest BCUT2D eigenvalue weighted by Crippen LogP contribution is -2.31. The maximum atomic E-state index is 11.6. The minimum absolute atomic E-state index is 0.0314. The Morgan fingerprint density at radius 1 is 1.47 bits per heavy atom. The van der Waals surface area contributed by atoms with E-state index in [1.807, 2.05) is 6.07 Å². The van der Waals surface area contributed by atoms with Crippen LogP contribution in [0, 0.1) is 0 Å². The van der Waals surface area contributed by atoms with Crippen LogP contribution in [0.15, 0.2) is 24.4 Å². The molecule has 6 heteroatoms. The number of rotatable bonds is 5. The third-order valence-electron chi connectivity index (χ3n) is 1.96. The zero-order valence-corrected chi connectivity index (χ0v) is 9.44. The number of sulfonamides is 1. The molecule has 0 atom stereocenters. The summed E-state index contributed by atoms with van der Waals surface area (Å²) in [6, 6.07) is 5.40. The Morgan fingerprint density at radius 2 is 2.20 bits per heavy atom. The number of nitrogens with two attached hydrogens (primary N) is 1. The molecule has 5 nitrogen and oxygen atoms in total. The number of pyridine rings is 1. The fourth-order valence-corrected chi connectivity index (χ4v) is 2.06. The van der Waals surface area contributed by atoms with Gasteiger partial charge in [0, 0.05) is 19.8 Å². The Bertz CT molecular complexity index is 391. The predicted molar refractivity (Wildman–Crippen MR) is 58.5 cm³/mol. The van der Waals surface area contributed by atoms with Gasteiger partial charge in [-0.2, -0.15) is 4.31 Å². The van der Waals surface area contributed by atoms with Crippen molar-refractivity contribution in [1.29, 1.82) is 0 Å². The Balaban J connectivity index is 2.68. The third kappa shape index (κ3) is 3.58. The summed E-state index contributed by atoms with van der Waals surface area (Å²) < 4.78 is 24.4. The molecular weight excluding hydrogens is 214 g/mol. The molecule has 2 N–H and O–H groups in total. The topological polar surface area (TPSA) is 76.3 Å². The van der Waals surface area contributed by atoms with Gasteiger partial charge in [-0.25, -0.2) is 8.42 Å². The predicted octanol–water partition coefficient (Wildman–Crippen LogP) is -0.198. The van der Waals surface area contributed by atoms with E-state index in [-0.39, 0.29) is 18.8 Å². The second kappa shape index (κ2) is 5.20. The van der Waals surface area contributed by atoms with E-state index in [9.17, 15) is 8.42 Å². The fraction of sp³-hybridized carbons (Fsp3) is 0.444. The molecular formula is C9H15N3O2S. The van der Waals surface area contributed by atoms with Crippen molar-refractivity contribution in [3.05, 3.63) is 30.1 Å². The first-order valence-electron chi connectivity index (χ1n) is 4.60. The molecule has 0 spiro atoms. The van der Waals surface area contributed by atoms with Crippen LogP contribution < -0.4 is 5.73 Å². The van der Waals surface area contributed by atoms with Crippen molar-refractivity contribution < 1.29 is 8.42 Å². The molecule has 1 heterocycles. The SMILES string of the molecule is CN(Cc1ccccn1)S(=O)(=O)CCN. The molecule has 0 aliphatic rings. The molecule has 0 amide bonds. The van der Waals surface area contributed by atoms with Crippen LogP contribution in [0.4, 0.5) is 0 Å². The fourth-order valence-electron chi connectivity index (χ4n) is 1.12. The van der Waals surface area contributed by atoms with E-state index in [4.69, 9.17) is 5.73 Å². The number of aromatic nitrogens is 1. The summed E-state index contributed by atoms with van der Waals surface area (Å²) >= 11 is 0. The highest BCUT2D eigenvalue weighted by molar-refractivity contribution is 7.89. The summed E-state index contributed by atoms with van der Waals surface area (Å²) in [5.41, 5.74) is 5.95. The highest BCUT2D eigenvalue weighted by atomic mass is 32.2. The molecule has 0 saturated heterocycles. The number of hydrogen-bond acceptors (Lipinski definition) is 4. The average molecular weight is 229 g/mol. The van der Waals surface area contributed by atoms with Crippen LogP contribution in [0.5, 0.6) is 0 Å². The molecule has 1 aromatic rings. The monoisotopic (exact) mass is 229 g/mol. The molecule has 0 aliphatic heterocycles. The van der Waals surface area contributed by atoms with Crippen LogP contribution in [0.25, 0.3) is 0 Å². The minimum Gasteiger partial charge on any atom is -0.329 e. The lowest BCUT2D eigenvalue weighted by atomic mass is 10.3. The molecule has 0 bridgehead atoms. The van der Waals surface area contributed by atoms with E-state index < -0.39 is 10.0 Å². The van der Waals surface area contributed by atoms with Crippen molar-refractivity contribution >= 4 is 10.0 Å². The standard InChI is InChI=1S/C9H15N3O2S/c1-12(15(13,14)7-5-10)8-9-4-2-3-6-11-9/h2-4,6H,5,7-8,10H2,1H3. The normalized spacial score (nSPS) is 11.9. The van der Waals surface area contributed by atoms with Crippen LogP contribution in [0.2, 0.25) is 0 Å². The van der Waals surface area contributed by atoms with E-state index in [1.165, 1.54) is 11.4 Å². The molecule has 84 valence electrons. The van der Waals surface area contributed by atoms with E-state index in [0.29, 0.717) is 0 Å². The number of hydrogen-bond donors (Lipinski definition) is 1. The molecule has 15 heavy (non-hydrogen) atoms. The zero-order valence-electron chi connectivity index (χ0n) is 8.63. The van der Waals surface area contributed by atoms with Crippen molar-refractivity contribution in [3.8, 4) is 0 Å². The maximum Gasteiger partial charge on any atom is 0.215 e. The van der Waals surface area contributed by atoms with Gasteiger partial charge in [0.1, 0.15) is 0 Å². The Morgan fingerprint density at radius 3 is 2.73 bits per heavy atom. The van der Waals surface area contributed by atoms with Crippen LogP contribution in [-0.4, -0.2) is 37.1 Å². The van der Waals surface area contributed by atoms with E-state index in [1.54, 1.807) is 18.3 Å². The third-order valence-corrected chi connectivity index (χ3v) is 3.79. The molecule has 0 unspecified atom stereocenters. The molecule has 1 aromatic heterocycles. The summed E-state index contributed by atoms with van der Waals surface area (Å²) in [5.74, 6) is -0.0314. The largest absolute Gasteiger partial charge is 0.329 e. The second-order valence-electron chi connectivity index (χ2n) is 3.18. The van der Waals surface area contributed by atoms with Crippen molar-refractivity contribution in [2.45, 2.75) is 6.54 Å². The second-order valence-corrected chi connectivity index (χ2v) is 5.38. The molecule has 1 rings (SSSR count). The van der Waals surface area contributed by atoms with Gasteiger partial charge in [0.05, 0.1) is 18.0 Å². The smallest absolute Gasteiger partial charge is 0.215 e. The Hall–Kier alpha value is -0.980. The minimum atomic E-state index is -3.24. The van der Waals surface area contributed by atoms with Crippen LogP contribution in [0.3, 0.4) is 0 Å². The van der Waals surface area contributed by atoms with Gasteiger partial charge in [0.2, 0.25) is 10.0 Å². The lowest BCUT2D eigenvalue weighted by molar-refractivity contribution is 0.462. The van der Waals surface area contributed by atoms with Crippen LogP contribution in [-0.2, 0) is 16.6 Å². The maximum absolute atomic E-state index is 11.6. The summed E-state index contributed by atoms with van der Waals surface area (Å²) in [6.45, 7) is 0.415. The van der Waals surface area contributed by atoms with Crippen LogP contribution >= 0.6 is 0 Å². The zero-order chi connectivity index (χ0) is 11.3. The Labute approximate surface area is 90.0 Å². The summed E-state index contributed by atoms with van der Waals surface area (Å²) in [7, 11) is -1.71. The van der Waals surface area contributed by atoms with Gasteiger partial charge in [-0.3, -0.25) is 4.98 Å². The van der Waals surface area contributed by atoms with Crippen LogP contribution in [0.1, 0.15) is 5.69 Å². The van der Waals surface area contributed by atoms with Crippen molar-refractivity contribution in [2.75, 3.05) is 19.3 Å². The van der Waals surface area contributed by atoms with Gasteiger partial charge in [0.15, 0.2) is 0 Å². The van der Waals surface area contributed by atoms with Gasteiger partial charge < -0.3 is 5.73 Å². The average Bonchev–Trinajstić information content (AvgIpc) is 2.19. The highest BCUT2D eigenvalue weighted by Gasteiger charge is 2.16. The van der Waals surface area contributed by atoms with E-state index >= 15 is 0 Å². The van der Waals surface area contributed by atoms with Crippen molar-refractivity contribution in [3.63, 3.8) is 0 Å². The summed E-state index contributed by atoms with van der Waals surface area (Å²) in [4.78, 5) is 4.05. The summed E-state index contributed by atoms with van der Waals surface area (Å²) in [5, 5.41) is 0. The molecule has 0 aliphatic carbocycles. The van der Waals surface area contributed by atoms with E-state index in [2.05, 4.69) is 4.98 Å². The van der Waals surface area contributed by atoms with Crippen molar-refractivity contribution in [1.82, 2.24) is 9.29 Å². The molecule has 0 fully saturated rings. The van der Waals surface area contributed by atoms with E-state index in [0.717, 1.165) is 5.69 Å². The Kier molecular flexibility index (Phi) is 4.19. The highest BCUT2D eigenvalue weighted by Crippen LogP contribution is 2.04. The molecule has 0 radical (unpaired) electrons. The molecule has 0 aromatic carbocycles. The van der Waals surface area contributed by atoms with Gasteiger partial charge >= 0.3 is 0 Å². The lowest BCUT2D eigenvalue weighted by Gasteiger charge is -2.15. The quantitative estimate of drug-likeness (QED) is 0.758. The first-order chi connectivity index (χ1) is 7.06. The van der Waals surface area contributed by atoms with Gasteiger partial charge in [0.25, 0.3) is 0 Å². The van der Waals surface area contributed by atoms with Gasteiger partial charge in [-0.1, -0.05) is 6.07 Å². The van der Waals surface area contributed by atoms with Crippen molar-refractivity contribution in [2.24, 2.45) is 5.73 Å². The van der Waals surface area contributed by atoms with Gasteiger partial charge in [-0.15, -0.1) is 0 Å². The number of nitrogens with zero attached hydrogens (tertiary/aromatic N) is 2. The summed E-state index contributed by atoms with van der Waals surface area (Å²) in [6.07, 6.45) is 1.64. The van der Waals surface area contributed by atoms with Gasteiger partial charge in [-0.05, 0) is 12.1 Å². The first-order valence-corrected chi connectivity index (χ1v) is 6.21.